The molecular weight excluding hydrogens is 384 g/mol. The molecule has 0 aliphatic rings. The summed E-state index contributed by atoms with van der Waals surface area (Å²) in [5.41, 5.74) is 1.64. The lowest BCUT2D eigenvalue weighted by Crippen LogP contribution is -2.10. The topological polar surface area (TPSA) is 87.0 Å². The van der Waals surface area contributed by atoms with Gasteiger partial charge in [-0.1, -0.05) is 6.07 Å². The van der Waals surface area contributed by atoms with Crippen molar-refractivity contribution in [2.24, 2.45) is 0 Å². The number of nitrogens with zero attached hydrogens (tertiary/aromatic N) is 4. The summed E-state index contributed by atoms with van der Waals surface area (Å²) >= 11 is 3.25. The van der Waals surface area contributed by atoms with Crippen molar-refractivity contribution in [1.29, 1.82) is 0 Å². The molecule has 0 saturated heterocycles. The van der Waals surface area contributed by atoms with Gasteiger partial charge < -0.3 is 4.18 Å². The van der Waals surface area contributed by atoms with Crippen molar-refractivity contribution in [2.45, 2.75) is 11.8 Å². The SMILES string of the molecule is Cc1ccc(S(=O)(=O)Oc2ccc(-n3cnnn3)cc2)c(Br)c1. The van der Waals surface area contributed by atoms with Crippen molar-refractivity contribution in [1.82, 2.24) is 20.2 Å². The molecule has 0 aliphatic heterocycles. The lowest BCUT2D eigenvalue weighted by atomic mass is 10.2. The smallest absolute Gasteiger partial charge is 0.340 e. The molecule has 7 nitrogen and oxygen atoms in total. The van der Waals surface area contributed by atoms with Crippen molar-refractivity contribution in [3.8, 4) is 11.4 Å². The maximum Gasteiger partial charge on any atom is 0.340 e. The van der Waals surface area contributed by atoms with Gasteiger partial charge in [0.15, 0.2) is 0 Å². The molecule has 3 rings (SSSR count). The van der Waals surface area contributed by atoms with Crippen LogP contribution in [0.3, 0.4) is 0 Å². The second-order valence-corrected chi connectivity index (χ2v) is 7.09. The second kappa shape index (κ2) is 6.09. The Kier molecular flexibility index (Phi) is 4.14. The fraction of sp³-hybridized carbons (Fsp3) is 0.0714. The van der Waals surface area contributed by atoms with E-state index < -0.39 is 10.1 Å². The Morgan fingerprint density at radius 1 is 1.13 bits per heavy atom. The highest BCUT2D eigenvalue weighted by Gasteiger charge is 2.20. The van der Waals surface area contributed by atoms with Crippen molar-refractivity contribution < 1.29 is 12.6 Å². The Balaban J connectivity index is 1.86. The van der Waals surface area contributed by atoms with Gasteiger partial charge in [-0.3, -0.25) is 0 Å². The second-order valence-electron chi connectivity index (χ2n) is 4.72. The number of hydrogen-bond donors (Lipinski definition) is 0. The lowest BCUT2D eigenvalue weighted by molar-refractivity contribution is 0.485. The van der Waals surface area contributed by atoms with E-state index >= 15 is 0 Å². The Morgan fingerprint density at radius 3 is 2.48 bits per heavy atom. The first-order valence-electron chi connectivity index (χ1n) is 6.50. The first kappa shape index (κ1) is 15.6. The van der Waals surface area contributed by atoms with Crippen LogP contribution in [-0.2, 0) is 10.1 Å². The fourth-order valence-corrected chi connectivity index (χ4v) is 3.99. The quantitative estimate of drug-likeness (QED) is 0.631. The summed E-state index contributed by atoms with van der Waals surface area (Å²) in [4.78, 5) is 0.0765. The molecule has 1 aromatic heterocycles. The van der Waals surface area contributed by atoms with Crippen molar-refractivity contribution in [2.75, 3.05) is 0 Å². The first-order chi connectivity index (χ1) is 11.0. The molecule has 9 heteroatoms. The third kappa shape index (κ3) is 3.40. The van der Waals surface area contributed by atoms with Gasteiger partial charge in [0.2, 0.25) is 0 Å². The van der Waals surface area contributed by atoms with E-state index in [1.165, 1.54) is 29.2 Å². The van der Waals surface area contributed by atoms with Gasteiger partial charge >= 0.3 is 10.1 Å². The normalized spacial score (nSPS) is 11.4. The number of tetrazole rings is 1. The van der Waals surface area contributed by atoms with Crippen LogP contribution in [-0.4, -0.2) is 28.6 Å². The van der Waals surface area contributed by atoms with Crippen LogP contribution in [0, 0.1) is 6.92 Å². The Hall–Kier alpha value is -2.26. The molecule has 0 N–H and O–H groups in total. The van der Waals surface area contributed by atoms with Gasteiger partial charge in [0.1, 0.15) is 17.0 Å². The number of halogens is 1. The zero-order valence-corrected chi connectivity index (χ0v) is 14.3. The van der Waals surface area contributed by atoms with E-state index in [0.29, 0.717) is 10.2 Å². The van der Waals surface area contributed by atoms with E-state index in [1.807, 2.05) is 6.92 Å². The molecule has 0 fully saturated rings. The predicted octanol–water partition coefficient (Wildman–Crippen LogP) is 2.50. The van der Waals surface area contributed by atoms with Crippen molar-refractivity contribution >= 4 is 26.0 Å². The third-order valence-electron chi connectivity index (χ3n) is 3.01. The molecule has 118 valence electrons. The Bertz CT molecular complexity index is 925. The summed E-state index contributed by atoms with van der Waals surface area (Å²) in [5, 5.41) is 10.8. The molecule has 0 atom stereocenters. The van der Waals surface area contributed by atoms with Crippen LogP contribution in [0.15, 0.2) is 58.2 Å². The summed E-state index contributed by atoms with van der Waals surface area (Å²) < 4.78 is 31.8. The summed E-state index contributed by atoms with van der Waals surface area (Å²) in [6, 6.07) is 11.3. The number of rotatable bonds is 4. The first-order valence-corrected chi connectivity index (χ1v) is 8.70. The number of hydrogen-bond acceptors (Lipinski definition) is 6. The number of aryl methyl sites for hydroxylation is 1. The minimum atomic E-state index is -3.92. The lowest BCUT2D eigenvalue weighted by Gasteiger charge is -2.09. The van der Waals surface area contributed by atoms with E-state index in [2.05, 4.69) is 31.5 Å². The third-order valence-corrected chi connectivity index (χ3v) is 5.24. The van der Waals surface area contributed by atoms with Crippen LogP contribution < -0.4 is 4.18 Å². The van der Waals surface area contributed by atoms with Crippen LogP contribution in [0.5, 0.6) is 5.75 Å². The molecule has 1 heterocycles. The van der Waals surface area contributed by atoms with Crippen LogP contribution in [0.2, 0.25) is 0 Å². The van der Waals surface area contributed by atoms with Gasteiger partial charge in [-0.05, 0) is 75.2 Å². The van der Waals surface area contributed by atoms with E-state index in [1.54, 1.807) is 24.3 Å². The molecule has 2 aromatic carbocycles. The number of aromatic nitrogens is 4. The van der Waals surface area contributed by atoms with Crippen molar-refractivity contribution in [3.05, 3.63) is 58.8 Å². The standard InChI is InChI=1S/C14H11BrN4O3S/c1-10-2-7-14(13(15)8-10)23(20,21)22-12-5-3-11(4-6-12)19-9-16-17-18-19/h2-9H,1H3. The van der Waals surface area contributed by atoms with E-state index in [-0.39, 0.29) is 10.6 Å². The van der Waals surface area contributed by atoms with E-state index in [0.717, 1.165) is 5.56 Å². The minimum absolute atomic E-state index is 0.0765. The molecule has 0 aliphatic carbocycles. The maximum atomic E-state index is 12.4. The highest BCUT2D eigenvalue weighted by Crippen LogP contribution is 2.26. The summed E-state index contributed by atoms with van der Waals surface area (Å²) in [7, 11) is -3.92. The molecular formula is C14H11BrN4O3S. The number of benzene rings is 2. The maximum absolute atomic E-state index is 12.4. The molecule has 3 aromatic rings. The van der Waals surface area contributed by atoms with Gasteiger partial charge in [0.05, 0.1) is 5.69 Å². The van der Waals surface area contributed by atoms with Crippen LogP contribution in [0.1, 0.15) is 5.56 Å². The molecule has 23 heavy (non-hydrogen) atoms. The average Bonchev–Trinajstić information content (AvgIpc) is 3.01. The zero-order chi connectivity index (χ0) is 16.4. The Morgan fingerprint density at radius 2 is 1.87 bits per heavy atom. The largest absolute Gasteiger partial charge is 0.379 e. The molecule has 0 unspecified atom stereocenters. The molecule has 0 spiro atoms. The predicted molar refractivity (Wildman–Crippen MR) is 85.8 cm³/mol. The van der Waals surface area contributed by atoms with Gasteiger partial charge in [0, 0.05) is 4.47 Å². The van der Waals surface area contributed by atoms with Crippen LogP contribution in [0.25, 0.3) is 5.69 Å². The molecule has 0 amide bonds. The zero-order valence-electron chi connectivity index (χ0n) is 11.9. The molecule has 0 radical (unpaired) electrons. The summed E-state index contributed by atoms with van der Waals surface area (Å²) in [6.45, 7) is 1.87. The fourth-order valence-electron chi connectivity index (χ4n) is 1.91. The minimum Gasteiger partial charge on any atom is -0.379 e. The average molecular weight is 395 g/mol. The highest BCUT2D eigenvalue weighted by molar-refractivity contribution is 9.10. The summed E-state index contributed by atoms with van der Waals surface area (Å²) in [5.74, 6) is 0.203. The van der Waals surface area contributed by atoms with Gasteiger partial charge in [-0.25, -0.2) is 4.68 Å². The highest BCUT2D eigenvalue weighted by atomic mass is 79.9. The molecule has 0 saturated carbocycles. The van der Waals surface area contributed by atoms with E-state index in [4.69, 9.17) is 4.18 Å². The van der Waals surface area contributed by atoms with Crippen LogP contribution >= 0.6 is 15.9 Å². The van der Waals surface area contributed by atoms with Gasteiger partial charge in [-0.15, -0.1) is 5.10 Å². The van der Waals surface area contributed by atoms with Crippen LogP contribution in [0.4, 0.5) is 0 Å². The molecule has 0 bridgehead atoms. The van der Waals surface area contributed by atoms with E-state index in [9.17, 15) is 8.42 Å². The van der Waals surface area contributed by atoms with Gasteiger partial charge in [-0.2, -0.15) is 8.42 Å². The van der Waals surface area contributed by atoms with Gasteiger partial charge in [0.25, 0.3) is 0 Å². The monoisotopic (exact) mass is 394 g/mol. The van der Waals surface area contributed by atoms with Crippen molar-refractivity contribution in [3.63, 3.8) is 0 Å². The summed E-state index contributed by atoms with van der Waals surface area (Å²) in [6.07, 6.45) is 1.44. The Labute approximate surface area is 141 Å².